The number of esters is 1. The number of hydrogen-bond acceptors (Lipinski definition) is 6. The van der Waals surface area contributed by atoms with E-state index in [9.17, 15) is 9.59 Å². The molecule has 0 aromatic carbocycles. The number of carbonyl (C=O) groups excluding carboxylic acids is 2. The molecule has 1 heterocycles. The predicted octanol–water partition coefficient (Wildman–Crippen LogP) is 1.44. The number of nitrogens with zero attached hydrogens (tertiary/aromatic N) is 2. The highest BCUT2D eigenvalue weighted by molar-refractivity contribution is 5.93. The second kappa shape index (κ2) is 8.31. The topological polar surface area (TPSA) is 107 Å². The van der Waals surface area contributed by atoms with Gasteiger partial charge in [0.1, 0.15) is 0 Å². The second-order valence-corrected chi connectivity index (χ2v) is 5.48. The number of hydrogen-bond donors (Lipinski definition) is 2. The van der Waals surface area contributed by atoms with Gasteiger partial charge in [0.25, 0.3) is 5.91 Å². The maximum absolute atomic E-state index is 11.9. The molecule has 0 radical (unpaired) electrons. The van der Waals surface area contributed by atoms with Gasteiger partial charge < -0.3 is 15.8 Å². The van der Waals surface area contributed by atoms with Gasteiger partial charge in [-0.1, -0.05) is 32.1 Å². The minimum absolute atomic E-state index is 0.00655. The minimum Gasteiger partial charge on any atom is -0.451 e. The normalized spacial score (nSPS) is 16.4. The summed E-state index contributed by atoms with van der Waals surface area (Å²) in [5.41, 5.74) is 5.47. The summed E-state index contributed by atoms with van der Waals surface area (Å²) in [5, 5.41) is 2.92. The van der Waals surface area contributed by atoms with Crippen LogP contribution in [0.25, 0.3) is 0 Å². The van der Waals surface area contributed by atoms with Crippen molar-refractivity contribution in [2.24, 2.45) is 0 Å². The Labute approximate surface area is 129 Å². The Morgan fingerprint density at radius 2 is 1.77 bits per heavy atom. The maximum atomic E-state index is 11.9. The van der Waals surface area contributed by atoms with Crippen LogP contribution in [0.2, 0.25) is 0 Å². The van der Waals surface area contributed by atoms with Crippen LogP contribution >= 0.6 is 0 Å². The first-order valence-corrected chi connectivity index (χ1v) is 7.70. The van der Waals surface area contributed by atoms with Gasteiger partial charge in [-0.05, 0) is 12.8 Å². The van der Waals surface area contributed by atoms with Crippen LogP contribution < -0.4 is 11.1 Å². The molecule has 7 heteroatoms. The van der Waals surface area contributed by atoms with Gasteiger partial charge in [0, 0.05) is 18.4 Å². The molecule has 1 aromatic heterocycles. The fourth-order valence-electron chi connectivity index (χ4n) is 2.58. The van der Waals surface area contributed by atoms with Crippen molar-refractivity contribution in [3.8, 4) is 0 Å². The van der Waals surface area contributed by atoms with Crippen molar-refractivity contribution in [2.45, 2.75) is 51.0 Å². The summed E-state index contributed by atoms with van der Waals surface area (Å²) < 4.78 is 4.93. The Morgan fingerprint density at radius 1 is 1.14 bits per heavy atom. The van der Waals surface area contributed by atoms with Crippen molar-refractivity contribution in [3.05, 3.63) is 18.1 Å². The van der Waals surface area contributed by atoms with Crippen LogP contribution in [0.15, 0.2) is 12.4 Å². The van der Waals surface area contributed by atoms with E-state index in [1.54, 1.807) is 0 Å². The molecule has 22 heavy (non-hydrogen) atoms. The van der Waals surface area contributed by atoms with Crippen LogP contribution in [-0.4, -0.2) is 34.5 Å². The molecule has 2 rings (SSSR count). The summed E-state index contributed by atoms with van der Waals surface area (Å²) in [7, 11) is 0. The van der Waals surface area contributed by atoms with Crippen molar-refractivity contribution < 1.29 is 14.3 Å². The van der Waals surface area contributed by atoms with Crippen molar-refractivity contribution >= 4 is 17.7 Å². The summed E-state index contributed by atoms with van der Waals surface area (Å²) in [5.74, 6) is -1.03. The van der Waals surface area contributed by atoms with E-state index in [0.717, 1.165) is 25.7 Å². The second-order valence-electron chi connectivity index (χ2n) is 5.48. The maximum Gasteiger partial charge on any atom is 0.361 e. The van der Waals surface area contributed by atoms with E-state index >= 15 is 0 Å². The summed E-state index contributed by atoms with van der Waals surface area (Å²) in [4.78, 5) is 31.2. The van der Waals surface area contributed by atoms with E-state index < -0.39 is 5.97 Å². The molecule has 1 fully saturated rings. The lowest BCUT2D eigenvalue weighted by Gasteiger charge is -2.20. The molecule has 1 saturated carbocycles. The van der Waals surface area contributed by atoms with Crippen molar-refractivity contribution in [3.63, 3.8) is 0 Å². The first kappa shape index (κ1) is 16.2. The monoisotopic (exact) mass is 306 g/mol. The molecule has 1 aliphatic rings. The lowest BCUT2D eigenvalue weighted by atomic mass is 9.97. The van der Waals surface area contributed by atoms with E-state index in [0.29, 0.717) is 0 Å². The molecule has 0 spiro atoms. The number of carbonyl (C=O) groups is 2. The van der Waals surface area contributed by atoms with Crippen LogP contribution in [0.4, 0.5) is 5.82 Å². The molecule has 3 N–H and O–H groups in total. The van der Waals surface area contributed by atoms with Gasteiger partial charge in [-0.15, -0.1) is 0 Å². The summed E-state index contributed by atoms with van der Waals surface area (Å²) in [6.07, 6.45) is 10.7. The molecule has 0 aliphatic heterocycles. The van der Waals surface area contributed by atoms with E-state index in [1.807, 2.05) is 0 Å². The zero-order valence-corrected chi connectivity index (χ0v) is 12.6. The minimum atomic E-state index is -0.738. The number of nitrogens with one attached hydrogen (secondary N) is 1. The average molecular weight is 306 g/mol. The SMILES string of the molecule is Nc1nccnc1C(=O)OCC(=O)NC1CCCCCCC1. The molecule has 0 saturated heterocycles. The molecule has 1 amide bonds. The molecule has 0 atom stereocenters. The first-order valence-electron chi connectivity index (χ1n) is 7.70. The Balaban J connectivity index is 1.77. The van der Waals surface area contributed by atoms with Gasteiger partial charge in [0.15, 0.2) is 18.1 Å². The van der Waals surface area contributed by atoms with Gasteiger partial charge in [0.05, 0.1) is 0 Å². The summed E-state index contributed by atoms with van der Waals surface area (Å²) in [6.45, 7) is -0.328. The van der Waals surface area contributed by atoms with Crippen LogP contribution in [-0.2, 0) is 9.53 Å². The highest BCUT2D eigenvalue weighted by Crippen LogP contribution is 2.17. The van der Waals surface area contributed by atoms with Crippen LogP contribution in [0, 0.1) is 0 Å². The van der Waals surface area contributed by atoms with E-state index in [-0.39, 0.29) is 30.1 Å². The molecule has 1 aromatic rings. The van der Waals surface area contributed by atoms with Crippen LogP contribution in [0.3, 0.4) is 0 Å². The van der Waals surface area contributed by atoms with Crippen LogP contribution in [0.1, 0.15) is 55.4 Å². The van der Waals surface area contributed by atoms with E-state index in [1.165, 1.54) is 31.7 Å². The largest absolute Gasteiger partial charge is 0.451 e. The fraction of sp³-hybridized carbons (Fsp3) is 0.600. The first-order chi connectivity index (χ1) is 10.7. The fourth-order valence-corrected chi connectivity index (χ4v) is 2.58. The molecule has 7 nitrogen and oxygen atoms in total. The van der Waals surface area contributed by atoms with Gasteiger partial charge >= 0.3 is 5.97 Å². The molecular formula is C15H22N4O3. The van der Waals surface area contributed by atoms with Gasteiger partial charge in [0.2, 0.25) is 0 Å². The number of ether oxygens (including phenoxy) is 1. The number of rotatable bonds is 4. The lowest BCUT2D eigenvalue weighted by molar-refractivity contribution is -0.125. The third kappa shape index (κ3) is 4.98. The summed E-state index contributed by atoms with van der Waals surface area (Å²) in [6, 6.07) is 0.174. The van der Waals surface area contributed by atoms with Crippen molar-refractivity contribution in [1.82, 2.24) is 15.3 Å². The van der Waals surface area contributed by atoms with E-state index in [2.05, 4.69) is 15.3 Å². The van der Waals surface area contributed by atoms with Crippen molar-refractivity contribution in [2.75, 3.05) is 12.3 Å². The lowest BCUT2D eigenvalue weighted by Crippen LogP contribution is -2.38. The van der Waals surface area contributed by atoms with E-state index in [4.69, 9.17) is 10.5 Å². The number of aromatic nitrogens is 2. The third-order valence-corrected chi connectivity index (χ3v) is 3.72. The average Bonchev–Trinajstić information content (AvgIpc) is 2.48. The Bertz CT molecular complexity index is 513. The van der Waals surface area contributed by atoms with Gasteiger partial charge in [-0.25, -0.2) is 14.8 Å². The smallest absolute Gasteiger partial charge is 0.361 e. The predicted molar refractivity (Wildman–Crippen MR) is 81.0 cm³/mol. The highest BCUT2D eigenvalue weighted by atomic mass is 16.5. The number of nitrogens with two attached hydrogens (primary N) is 1. The standard InChI is InChI=1S/C15H22N4O3/c16-14-13(17-8-9-18-14)15(21)22-10-12(20)19-11-6-4-2-1-3-5-7-11/h8-9,11H,1-7,10H2,(H2,16,18)(H,19,20). The Hall–Kier alpha value is -2.18. The molecule has 120 valence electrons. The highest BCUT2D eigenvalue weighted by Gasteiger charge is 2.17. The zero-order chi connectivity index (χ0) is 15.8. The van der Waals surface area contributed by atoms with Crippen LogP contribution in [0.5, 0.6) is 0 Å². The molecule has 1 aliphatic carbocycles. The van der Waals surface area contributed by atoms with Crippen molar-refractivity contribution in [1.29, 1.82) is 0 Å². The molecule has 0 bridgehead atoms. The summed E-state index contributed by atoms with van der Waals surface area (Å²) >= 11 is 0. The number of nitrogen functional groups attached to an aromatic ring is 1. The Morgan fingerprint density at radius 3 is 2.45 bits per heavy atom. The number of anilines is 1. The number of amides is 1. The third-order valence-electron chi connectivity index (χ3n) is 3.72. The Kier molecular flexibility index (Phi) is 6.12. The quantitative estimate of drug-likeness (QED) is 0.815. The zero-order valence-electron chi connectivity index (χ0n) is 12.6. The van der Waals surface area contributed by atoms with Gasteiger partial charge in [-0.2, -0.15) is 0 Å². The molecule has 0 unspecified atom stereocenters. The van der Waals surface area contributed by atoms with Gasteiger partial charge in [-0.3, -0.25) is 4.79 Å². The molecular weight excluding hydrogens is 284 g/mol.